The minimum Gasteiger partial charge on any atom is -0.298 e. The summed E-state index contributed by atoms with van der Waals surface area (Å²) in [5.74, 6) is 0.354. The van der Waals surface area contributed by atoms with E-state index < -0.39 is 0 Å². The Morgan fingerprint density at radius 1 is 1.05 bits per heavy atom. The summed E-state index contributed by atoms with van der Waals surface area (Å²) >= 11 is 0. The highest BCUT2D eigenvalue weighted by Gasteiger charge is 2.31. The van der Waals surface area contributed by atoms with Crippen LogP contribution >= 0.6 is 0 Å². The fraction of sp³-hybridized carbons (Fsp3) is 0.350. The molecule has 1 atom stereocenters. The van der Waals surface area contributed by atoms with Crippen LogP contribution in [-0.4, -0.2) is 17.2 Å². The van der Waals surface area contributed by atoms with Crippen molar-refractivity contribution < 1.29 is 4.79 Å². The van der Waals surface area contributed by atoms with Crippen LogP contribution in [0.2, 0.25) is 0 Å². The van der Waals surface area contributed by atoms with Gasteiger partial charge in [0.05, 0.1) is 6.04 Å². The van der Waals surface area contributed by atoms with Crippen molar-refractivity contribution in [2.75, 3.05) is 6.54 Å². The van der Waals surface area contributed by atoms with Gasteiger partial charge in [-0.25, -0.2) is 0 Å². The monoisotopic (exact) mass is 293 g/mol. The number of hydrogen-bond donors (Lipinski definition) is 0. The zero-order valence-electron chi connectivity index (χ0n) is 13.4. The fourth-order valence-corrected chi connectivity index (χ4v) is 3.48. The van der Waals surface area contributed by atoms with Crippen molar-refractivity contribution in [2.24, 2.45) is 0 Å². The lowest BCUT2D eigenvalue weighted by atomic mass is 9.91. The van der Waals surface area contributed by atoms with Crippen LogP contribution in [-0.2, 0) is 11.3 Å². The van der Waals surface area contributed by atoms with Gasteiger partial charge in [-0.15, -0.1) is 0 Å². The van der Waals surface area contributed by atoms with Crippen LogP contribution < -0.4 is 0 Å². The third kappa shape index (κ3) is 3.28. The van der Waals surface area contributed by atoms with Crippen LogP contribution in [0.4, 0.5) is 0 Å². The molecular weight excluding hydrogens is 270 g/mol. The zero-order chi connectivity index (χ0) is 15.5. The summed E-state index contributed by atoms with van der Waals surface area (Å²) in [6.45, 7) is 6.03. The summed E-state index contributed by atoms with van der Waals surface area (Å²) in [6, 6.07) is 16.8. The van der Waals surface area contributed by atoms with Crippen LogP contribution in [0.3, 0.4) is 0 Å². The lowest BCUT2D eigenvalue weighted by molar-refractivity contribution is -0.127. The van der Waals surface area contributed by atoms with Gasteiger partial charge in [0.15, 0.2) is 5.78 Å². The molecule has 2 nitrogen and oxygen atoms in total. The summed E-state index contributed by atoms with van der Waals surface area (Å²) < 4.78 is 0. The Kier molecular flexibility index (Phi) is 4.39. The van der Waals surface area contributed by atoms with E-state index in [-0.39, 0.29) is 6.04 Å². The first-order valence-electron chi connectivity index (χ1n) is 8.02. The van der Waals surface area contributed by atoms with Gasteiger partial charge in [0.2, 0.25) is 0 Å². The van der Waals surface area contributed by atoms with Crippen molar-refractivity contribution >= 4 is 5.78 Å². The second kappa shape index (κ2) is 6.45. The molecule has 0 N–H and O–H groups in total. The molecule has 0 spiro atoms. The summed E-state index contributed by atoms with van der Waals surface area (Å²) in [6.07, 6.45) is 1.66. The van der Waals surface area contributed by atoms with E-state index in [4.69, 9.17) is 0 Å². The smallest absolute Gasteiger partial charge is 0.154 e. The molecule has 0 amide bonds. The van der Waals surface area contributed by atoms with Crippen LogP contribution in [0.15, 0.2) is 48.5 Å². The molecule has 1 aliphatic heterocycles. The Morgan fingerprint density at radius 3 is 2.41 bits per heavy atom. The number of benzene rings is 2. The molecule has 1 aliphatic rings. The molecule has 1 heterocycles. The van der Waals surface area contributed by atoms with Gasteiger partial charge in [-0.3, -0.25) is 9.69 Å². The van der Waals surface area contributed by atoms with Gasteiger partial charge >= 0.3 is 0 Å². The molecule has 1 unspecified atom stereocenters. The minimum absolute atomic E-state index is 0.0902. The summed E-state index contributed by atoms with van der Waals surface area (Å²) in [7, 11) is 0. The number of Topliss-reactive ketones (excluding diaryl/α,β-unsaturated/α-hetero) is 1. The summed E-state index contributed by atoms with van der Waals surface area (Å²) in [5, 5.41) is 0. The molecule has 0 aromatic heterocycles. The van der Waals surface area contributed by atoms with Gasteiger partial charge < -0.3 is 0 Å². The van der Waals surface area contributed by atoms with E-state index in [0.717, 1.165) is 25.1 Å². The van der Waals surface area contributed by atoms with E-state index in [1.54, 1.807) is 0 Å². The molecule has 114 valence electrons. The lowest BCUT2D eigenvalue weighted by Gasteiger charge is -2.35. The van der Waals surface area contributed by atoms with Gasteiger partial charge in [-0.1, -0.05) is 59.7 Å². The van der Waals surface area contributed by atoms with Crippen LogP contribution in [0.25, 0.3) is 0 Å². The van der Waals surface area contributed by atoms with Crippen molar-refractivity contribution in [2.45, 2.75) is 39.3 Å². The number of carbonyl (C=O) groups is 1. The Hall–Kier alpha value is -1.93. The highest BCUT2D eigenvalue weighted by atomic mass is 16.1. The zero-order valence-corrected chi connectivity index (χ0v) is 13.4. The van der Waals surface area contributed by atoms with Crippen molar-refractivity contribution in [1.29, 1.82) is 0 Å². The van der Waals surface area contributed by atoms with Gasteiger partial charge in [-0.2, -0.15) is 0 Å². The Bertz CT molecular complexity index is 642. The number of aryl methyl sites for hydroxylation is 2. The fourth-order valence-electron chi connectivity index (χ4n) is 3.48. The highest BCUT2D eigenvalue weighted by molar-refractivity contribution is 5.86. The molecular formula is C20H23NO. The maximum absolute atomic E-state index is 12.6. The second-order valence-electron chi connectivity index (χ2n) is 6.35. The predicted molar refractivity (Wildman–Crippen MR) is 89.8 cm³/mol. The number of carbonyl (C=O) groups excluding carboxylic acids is 1. The Balaban J connectivity index is 1.91. The average molecular weight is 293 g/mol. The maximum Gasteiger partial charge on any atom is 0.154 e. The van der Waals surface area contributed by atoms with Crippen molar-refractivity contribution in [1.82, 2.24) is 4.90 Å². The molecule has 1 fully saturated rings. The molecule has 0 bridgehead atoms. The van der Waals surface area contributed by atoms with E-state index in [1.165, 1.54) is 16.7 Å². The molecule has 3 rings (SSSR count). The van der Waals surface area contributed by atoms with Gasteiger partial charge in [0.1, 0.15) is 0 Å². The largest absolute Gasteiger partial charge is 0.298 e. The highest BCUT2D eigenvalue weighted by Crippen LogP contribution is 2.30. The normalized spacial score (nSPS) is 19.4. The van der Waals surface area contributed by atoms with Gasteiger partial charge in [-0.05, 0) is 37.9 Å². The van der Waals surface area contributed by atoms with Crippen molar-refractivity contribution in [3.63, 3.8) is 0 Å². The summed E-state index contributed by atoms with van der Waals surface area (Å²) in [5.41, 5.74) is 4.88. The minimum atomic E-state index is -0.0902. The van der Waals surface area contributed by atoms with E-state index in [0.29, 0.717) is 12.2 Å². The van der Waals surface area contributed by atoms with E-state index in [1.807, 2.05) is 6.07 Å². The molecule has 22 heavy (non-hydrogen) atoms. The number of rotatable bonds is 3. The first-order chi connectivity index (χ1) is 10.6. The quantitative estimate of drug-likeness (QED) is 0.845. The predicted octanol–water partition coefficient (Wildman–Crippen LogP) is 4.21. The molecule has 0 saturated carbocycles. The van der Waals surface area contributed by atoms with Crippen LogP contribution in [0.1, 0.15) is 41.1 Å². The average Bonchev–Trinajstić information content (AvgIpc) is 2.47. The SMILES string of the molecule is Cc1cc(C)cc(C2C(=O)CCCN2Cc2ccccc2)c1. The van der Waals surface area contributed by atoms with Crippen LogP contribution in [0, 0.1) is 13.8 Å². The topological polar surface area (TPSA) is 20.3 Å². The Labute approximate surface area is 132 Å². The molecule has 2 aromatic rings. The van der Waals surface area contributed by atoms with Crippen molar-refractivity contribution in [3.05, 3.63) is 70.8 Å². The Morgan fingerprint density at radius 2 is 1.73 bits per heavy atom. The third-order valence-corrected chi connectivity index (χ3v) is 4.33. The number of ketones is 1. The number of hydrogen-bond acceptors (Lipinski definition) is 2. The lowest BCUT2D eigenvalue weighted by Crippen LogP contribution is -2.38. The maximum atomic E-state index is 12.6. The standard InChI is InChI=1S/C20H23NO/c1-15-11-16(2)13-18(12-15)20-19(22)9-6-10-21(20)14-17-7-4-3-5-8-17/h3-5,7-8,11-13,20H,6,9-10,14H2,1-2H3. The molecule has 0 radical (unpaired) electrons. The second-order valence-corrected chi connectivity index (χ2v) is 6.35. The number of nitrogens with zero attached hydrogens (tertiary/aromatic N) is 1. The number of piperidine rings is 1. The third-order valence-electron chi connectivity index (χ3n) is 4.33. The molecule has 0 aliphatic carbocycles. The number of likely N-dealkylation sites (tertiary alicyclic amines) is 1. The van der Waals surface area contributed by atoms with Gasteiger partial charge in [0.25, 0.3) is 0 Å². The first kappa shape index (κ1) is 15.0. The molecule has 1 saturated heterocycles. The van der Waals surface area contributed by atoms with E-state index in [9.17, 15) is 4.79 Å². The first-order valence-corrected chi connectivity index (χ1v) is 8.02. The molecule has 2 aromatic carbocycles. The molecule has 2 heteroatoms. The van der Waals surface area contributed by atoms with E-state index >= 15 is 0 Å². The van der Waals surface area contributed by atoms with Gasteiger partial charge in [0, 0.05) is 13.0 Å². The summed E-state index contributed by atoms with van der Waals surface area (Å²) in [4.78, 5) is 14.9. The van der Waals surface area contributed by atoms with Crippen LogP contribution in [0.5, 0.6) is 0 Å². The van der Waals surface area contributed by atoms with Crippen molar-refractivity contribution in [3.8, 4) is 0 Å². The van der Waals surface area contributed by atoms with E-state index in [2.05, 4.69) is 61.2 Å².